The third-order valence-electron chi connectivity index (χ3n) is 2.71. The smallest absolute Gasteiger partial charge is 0.232 e. The van der Waals surface area contributed by atoms with E-state index in [1.807, 2.05) is 0 Å². The molecule has 0 aromatic heterocycles. The molecule has 104 valence electrons. The van der Waals surface area contributed by atoms with Gasteiger partial charge in [-0.15, -0.1) is 18.3 Å². The summed E-state index contributed by atoms with van der Waals surface area (Å²) in [5, 5.41) is 8.87. The van der Waals surface area contributed by atoms with E-state index in [0.717, 1.165) is 0 Å². The molecule has 1 heterocycles. The molecular weight excluding hydrogens is 274 g/mol. The van der Waals surface area contributed by atoms with E-state index in [4.69, 9.17) is 5.11 Å². The normalized spacial score (nSPS) is 21.7. The van der Waals surface area contributed by atoms with E-state index in [1.165, 1.54) is 16.7 Å². The summed E-state index contributed by atoms with van der Waals surface area (Å²) in [6.07, 6.45) is 2.24. The molecule has 1 aliphatic heterocycles. The Morgan fingerprint density at radius 3 is 2.78 bits per heavy atom. The molecule has 18 heavy (non-hydrogen) atoms. The van der Waals surface area contributed by atoms with Crippen LogP contribution in [0.3, 0.4) is 0 Å². The molecule has 1 fully saturated rings. The van der Waals surface area contributed by atoms with Gasteiger partial charge in [0.25, 0.3) is 0 Å². The summed E-state index contributed by atoms with van der Waals surface area (Å²) in [6, 6.07) is 0. The third kappa shape index (κ3) is 4.99. The molecule has 0 bridgehead atoms. The summed E-state index contributed by atoms with van der Waals surface area (Å²) in [4.78, 5) is 13.4. The van der Waals surface area contributed by atoms with Crippen molar-refractivity contribution < 1.29 is 18.3 Å². The number of carbonyl (C=O) groups excluding carboxylic acids is 1. The maximum atomic E-state index is 11.8. The van der Waals surface area contributed by atoms with Crippen LogP contribution in [0.2, 0.25) is 0 Å². The topological polar surface area (TPSA) is 74.7 Å². The van der Waals surface area contributed by atoms with E-state index in [-0.39, 0.29) is 41.6 Å². The van der Waals surface area contributed by atoms with E-state index < -0.39 is 9.84 Å². The van der Waals surface area contributed by atoms with E-state index in [0.29, 0.717) is 13.0 Å². The molecular formula is C11H19NO4S2. The first-order chi connectivity index (χ1) is 8.48. The standard InChI is InChI=1S/C11H19NO4S2/c1-2-4-12(5-6-13)11(14)8-17-10-3-7-18(15,16)9-10/h2,10,13H,1,3-9H2. The van der Waals surface area contributed by atoms with Crippen LogP contribution in [0.5, 0.6) is 0 Å². The Kier molecular flexibility index (Phi) is 6.17. The molecule has 1 aliphatic rings. The molecule has 5 nitrogen and oxygen atoms in total. The highest BCUT2D eigenvalue weighted by Crippen LogP contribution is 2.24. The molecule has 0 spiro atoms. The van der Waals surface area contributed by atoms with Crippen molar-refractivity contribution in [1.29, 1.82) is 0 Å². The number of carbonyl (C=O) groups is 1. The van der Waals surface area contributed by atoms with Gasteiger partial charge in [-0.2, -0.15) is 0 Å². The fourth-order valence-corrected chi connectivity index (χ4v) is 5.31. The molecule has 1 saturated heterocycles. The Hall–Kier alpha value is -0.530. The lowest BCUT2D eigenvalue weighted by atomic mass is 10.4. The quantitative estimate of drug-likeness (QED) is 0.664. The van der Waals surface area contributed by atoms with Gasteiger partial charge in [-0.05, 0) is 6.42 Å². The number of hydrogen-bond donors (Lipinski definition) is 1. The van der Waals surface area contributed by atoms with Crippen LogP contribution in [0.1, 0.15) is 6.42 Å². The van der Waals surface area contributed by atoms with Crippen molar-refractivity contribution >= 4 is 27.5 Å². The number of nitrogens with zero attached hydrogens (tertiary/aromatic N) is 1. The van der Waals surface area contributed by atoms with Gasteiger partial charge in [0, 0.05) is 18.3 Å². The van der Waals surface area contributed by atoms with Crippen LogP contribution in [-0.4, -0.2) is 66.5 Å². The third-order valence-corrected chi connectivity index (χ3v) is 5.97. The summed E-state index contributed by atoms with van der Waals surface area (Å²) in [6.45, 7) is 4.17. The number of sulfone groups is 1. The first-order valence-electron chi connectivity index (χ1n) is 5.80. The van der Waals surface area contributed by atoms with Gasteiger partial charge in [-0.3, -0.25) is 4.79 Å². The predicted octanol–water partition coefficient (Wildman–Crippen LogP) is -0.0864. The Bertz CT molecular complexity index is 394. The van der Waals surface area contributed by atoms with E-state index in [2.05, 4.69) is 6.58 Å². The fourth-order valence-electron chi connectivity index (χ4n) is 1.77. The van der Waals surface area contributed by atoms with Crippen molar-refractivity contribution in [1.82, 2.24) is 4.90 Å². The largest absolute Gasteiger partial charge is 0.395 e. The Labute approximate surface area is 112 Å². The van der Waals surface area contributed by atoms with Crippen molar-refractivity contribution in [3.63, 3.8) is 0 Å². The van der Waals surface area contributed by atoms with Gasteiger partial charge in [0.05, 0.1) is 23.9 Å². The number of aliphatic hydroxyl groups excluding tert-OH is 1. The second kappa shape index (κ2) is 7.16. The molecule has 0 aromatic rings. The molecule has 1 unspecified atom stereocenters. The lowest BCUT2D eigenvalue weighted by Crippen LogP contribution is -2.35. The molecule has 1 rings (SSSR count). The van der Waals surface area contributed by atoms with Crippen molar-refractivity contribution in [2.45, 2.75) is 11.7 Å². The van der Waals surface area contributed by atoms with Gasteiger partial charge in [-0.1, -0.05) is 6.08 Å². The van der Waals surface area contributed by atoms with Crippen LogP contribution in [0.4, 0.5) is 0 Å². The highest BCUT2D eigenvalue weighted by Gasteiger charge is 2.28. The highest BCUT2D eigenvalue weighted by atomic mass is 32.2. The number of thioether (sulfide) groups is 1. The Morgan fingerprint density at radius 2 is 2.28 bits per heavy atom. The van der Waals surface area contributed by atoms with E-state index >= 15 is 0 Å². The van der Waals surface area contributed by atoms with Crippen LogP contribution >= 0.6 is 11.8 Å². The van der Waals surface area contributed by atoms with Crippen LogP contribution in [0.15, 0.2) is 12.7 Å². The number of aliphatic hydroxyl groups is 1. The minimum atomic E-state index is -2.89. The van der Waals surface area contributed by atoms with Gasteiger partial charge in [-0.25, -0.2) is 8.42 Å². The fraction of sp³-hybridized carbons (Fsp3) is 0.727. The Balaban J connectivity index is 2.37. The van der Waals surface area contributed by atoms with Crippen LogP contribution in [0, 0.1) is 0 Å². The molecule has 0 aromatic carbocycles. The van der Waals surface area contributed by atoms with E-state index in [9.17, 15) is 13.2 Å². The first kappa shape index (κ1) is 15.5. The lowest BCUT2D eigenvalue weighted by Gasteiger charge is -2.20. The van der Waals surface area contributed by atoms with Gasteiger partial charge in [0.2, 0.25) is 5.91 Å². The van der Waals surface area contributed by atoms with Crippen molar-refractivity contribution in [2.75, 3.05) is 37.0 Å². The molecule has 0 aliphatic carbocycles. The summed E-state index contributed by atoms with van der Waals surface area (Å²) >= 11 is 1.39. The molecule has 0 radical (unpaired) electrons. The van der Waals surface area contributed by atoms with Gasteiger partial charge in [0.1, 0.15) is 0 Å². The second-order valence-electron chi connectivity index (χ2n) is 4.19. The summed E-state index contributed by atoms with van der Waals surface area (Å²) < 4.78 is 22.5. The number of rotatable bonds is 7. The maximum Gasteiger partial charge on any atom is 0.232 e. The monoisotopic (exact) mass is 293 g/mol. The van der Waals surface area contributed by atoms with Gasteiger partial charge >= 0.3 is 0 Å². The van der Waals surface area contributed by atoms with Gasteiger partial charge < -0.3 is 10.0 Å². The first-order valence-corrected chi connectivity index (χ1v) is 8.67. The number of amides is 1. The van der Waals surface area contributed by atoms with Crippen molar-refractivity contribution in [2.24, 2.45) is 0 Å². The van der Waals surface area contributed by atoms with Crippen molar-refractivity contribution in [3.8, 4) is 0 Å². The number of hydrogen-bond acceptors (Lipinski definition) is 5. The molecule has 1 amide bonds. The van der Waals surface area contributed by atoms with Crippen LogP contribution in [-0.2, 0) is 14.6 Å². The van der Waals surface area contributed by atoms with Gasteiger partial charge in [0.15, 0.2) is 9.84 Å². The van der Waals surface area contributed by atoms with Crippen molar-refractivity contribution in [3.05, 3.63) is 12.7 Å². The molecule has 7 heteroatoms. The summed E-state index contributed by atoms with van der Waals surface area (Å²) in [5.41, 5.74) is 0. The minimum Gasteiger partial charge on any atom is -0.395 e. The zero-order chi connectivity index (χ0) is 13.6. The zero-order valence-electron chi connectivity index (χ0n) is 10.2. The zero-order valence-corrected chi connectivity index (χ0v) is 11.9. The average Bonchev–Trinajstić information content (AvgIpc) is 2.66. The van der Waals surface area contributed by atoms with E-state index in [1.54, 1.807) is 6.08 Å². The maximum absolute atomic E-state index is 11.8. The highest BCUT2D eigenvalue weighted by molar-refractivity contribution is 8.02. The van der Waals surface area contributed by atoms with Crippen LogP contribution < -0.4 is 0 Å². The predicted molar refractivity (Wildman–Crippen MR) is 73.4 cm³/mol. The summed E-state index contributed by atoms with van der Waals surface area (Å²) in [7, 11) is -2.89. The Morgan fingerprint density at radius 1 is 1.56 bits per heavy atom. The summed E-state index contributed by atoms with van der Waals surface area (Å²) in [5.74, 6) is 0.574. The SMILES string of the molecule is C=CCN(CCO)C(=O)CSC1CCS(=O)(=O)C1. The molecule has 0 saturated carbocycles. The van der Waals surface area contributed by atoms with Crippen LogP contribution in [0.25, 0.3) is 0 Å². The molecule has 1 atom stereocenters. The lowest BCUT2D eigenvalue weighted by molar-refractivity contribution is -0.128. The average molecular weight is 293 g/mol. The molecule has 1 N–H and O–H groups in total. The minimum absolute atomic E-state index is 0.0265. The second-order valence-corrected chi connectivity index (χ2v) is 7.71.